The molecule has 5 N–H and O–H groups in total. The van der Waals surface area contributed by atoms with Crippen LogP contribution in [0.5, 0.6) is 0 Å². The number of carbonyl (C=O) groups is 1. The number of aromatic amines is 1. The Morgan fingerprint density at radius 1 is 1.21 bits per heavy atom. The molecule has 6 rings (SSSR count). The molecule has 0 unspecified atom stereocenters. The van der Waals surface area contributed by atoms with E-state index in [1.807, 2.05) is 18.3 Å². The van der Waals surface area contributed by atoms with Crippen LogP contribution in [0.25, 0.3) is 22.1 Å². The van der Waals surface area contributed by atoms with Crippen molar-refractivity contribution < 1.29 is 19.7 Å². The molecule has 1 amide bonds. The van der Waals surface area contributed by atoms with E-state index in [9.17, 15) is 15.0 Å². The molecule has 0 bridgehead atoms. The van der Waals surface area contributed by atoms with Gasteiger partial charge in [-0.15, -0.1) is 0 Å². The highest BCUT2D eigenvalue weighted by Gasteiger charge is 2.46. The number of allylic oxidation sites excluding steroid dienone is 1. The van der Waals surface area contributed by atoms with Gasteiger partial charge in [0.25, 0.3) is 5.91 Å². The van der Waals surface area contributed by atoms with E-state index in [0.29, 0.717) is 22.5 Å². The number of amides is 1. The number of imidazole rings is 1. The van der Waals surface area contributed by atoms with Crippen molar-refractivity contribution in [3.63, 3.8) is 0 Å². The highest BCUT2D eigenvalue weighted by molar-refractivity contribution is 5.98. The van der Waals surface area contributed by atoms with E-state index in [2.05, 4.69) is 36.6 Å². The number of rotatable bonds is 8. The molecule has 4 atom stereocenters. The topological polar surface area (TPSA) is 150 Å². The zero-order valence-corrected chi connectivity index (χ0v) is 20.9. The summed E-state index contributed by atoms with van der Waals surface area (Å²) >= 11 is 0. The number of nitrogens with zero attached hydrogens (tertiary/aromatic N) is 4. The predicted octanol–water partition coefficient (Wildman–Crippen LogP) is 2.66. The molecule has 1 aliphatic carbocycles. The molecule has 4 heterocycles. The van der Waals surface area contributed by atoms with Crippen LogP contribution in [0.15, 0.2) is 54.8 Å². The number of ether oxygens (including phenoxy) is 1. The van der Waals surface area contributed by atoms with Gasteiger partial charge in [-0.3, -0.25) is 9.36 Å². The van der Waals surface area contributed by atoms with Crippen molar-refractivity contribution in [2.75, 3.05) is 18.5 Å². The maximum absolute atomic E-state index is 13.2. The summed E-state index contributed by atoms with van der Waals surface area (Å²) in [5.74, 6) is 0.255. The minimum absolute atomic E-state index is 0.359. The third-order valence-corrected chi connectivity index (χ3v) is 7.42. The lowest BCUT2D eigenvalue weighted by atomic mass is 9.97. The average molecular weight is 518 g/mol. The van der Waals surface area contributed by atoms with Crippen molar-refractivity contribution in [3.05, 3.63) is 60.3 Å². The second-order valence-electron chi connectivity index (χ2n) is 9.85. The first-order valence-electron chi connectivity index (χ1n) is 13.0. The number of hydrogen-bond donors (Lipinski definition) is 5. The molecule has 3 aromatic heterocycles. The van der Waals surface area contributed by atoms with Crippen molar-refractivity contribution in [1.29, 1.82) is 0 Å². The number of carbonyl (C=O) groups excluding carboxylic acids is 1. The largest absolute Gasteiger partial charge is 0.394 e. The van der Waals surface area contributed by atoms with Crippen molar-refractivity contribution in [2.24, 2.45) is 0 Å². The number of benzene rings is 1. The minimum atomic E-state index is -1.13. The van der Waals surface area contributed by atoms with E-state index in [-0.39, 0.29) is 5.91 Å². The van der Waals surface area contributed by atoms with Crippen LogP contribution < -0.4 is 10.6 Å². The zero-order chi connectivity index (χ0) is 26.1. The Morgan fingerprint density at radius 3 is 2.97 bits per heavy atom. The number of nitrogens with one attached hydrogen (secondary N) is 3. The summed E-state index contributed by atoms with van der Waals surface area (Å²) in [4.78, 5) is 29.6. The van der Waals surface area contributed by atoms with Crippen LogP contribution in [0.3, 0.4) is 0 Å². The lowest BCUT2D eigenvalue weighted by molar-refractivity contribution is -0.0440. The molecule has 11 nitrogen and oxygen atoms in total. The zero-order valence-electron chi connectivity index (χ0n) is 20.9. The third kappa shape index (κ3) is 4.64. The highest BCUT2D eigenvalue weighted by atomic mass is 16.5. The fraction of sp³-hybridized carbons (Fsp3) is 0.407. The number of anilines is 1. The van der Waals surface area contributed by atoms with Gasteiger partial charge in [0.15, 0.2) is 23.2 Å². The molecule has 0 saturated carbocycles. The molecule has 1 aromatic carbocycles. The van der Waals surface area contributed by atoms with E-state index in [1.165, 1.54) is 24.7 Å². The van der Waals surface area contributed by atoms with Crippen LogP contribution in [0.1, 0.15) is 48.7 Å². The van der Waals surface area contributed by atoms with Gasteiger partial charge in [0, 0.05) is 29.2 Å². The minimum Gasteiger partial charge on any atom is -0.394 e. The van der Waals surface area contributed by atoms with E-state index in [0.717, 1.165) is 36.7 Å². The molecule has 2 aliphatic rings. The molecule has 198 valence electrons. The number of fused-ring (bicyclic) bond motifs is 2. The van der Waals surface area contributed by atoms with Crippen molar-refractivity contribution in [3.8, 4) is 0 Å². The van der Waals surface area contributed by atoms with Gasteiger partial charge in [0.2, 0.25) is 0 Å². The van der Waals surface area contributed by atoms with E-state index >= 15 is 0 Å². The molecule has 11 heteroatoms. The van der Waals surface area contributed by atoms with Crippen LogP contribution in [0.4, 0.5) is 5.82 Å². The molecular formula is C27H31N7O4. The summed E-state index contributed by atoms with van der Waals surface area (Å²) in [5.41, 5.74) is 3.92. The van der Waals surface area contributed by atoms with Crippen LogP contribution in [-0.4, -0.2) is 72.0 Å². The number of aliphatic hydroxyl groups excluding tert-OH is 2. The standard InChI is InChI=1S/C27H31N7O4/c35-13-20-23(36)21(33-26(37)18-6-7-19-17(12-18)9-11-28-19)27(38-20)34-15-32-22-24(30-14-31-25(22)34)29-10-8-16-4-2-1-3-5-16/h4,6-7,9,11-12,14-15,20-21,23,27-28,35-36H,1-3,5,8,10,13H2,(H,33,37)(H,29,30,31)/t20-,21-,23-,27-/m1/s1. The SMILES string of the molecule is O=C(N[C@@H]1[C@H](O)[C@@H](CO)O[C@H]1n1cnc2c(NCCC3=CCCCC3)ncnc21)c1ccc2[nH]ccc2c1. The number of aromatic nitrogens is 5. The van der Waals surface area contributed by atoms with Crippen molar-refractivity contribution >= 4 is 33.8 Å². The molecule has 1 aliphatic heterocycles. The molecule has 1 fully saturated rings. The predicted molar refractivity (Wildman–Crippen MR) is 142 cm³/mol. The van der Waals surface area contributed by atoms with Crippen LogP contribution in [-0.2, 0) is 4.74 Å². The Kier molecular flexibility index (Phi) is 6.79. The van der Waals surface area contributed by atoms with E-state index in [4.69, 9.17) is 4.74 Å². The smallest absolute Gasteiger partial charge is 0.251 e. The van der Waals surface area contributed by atoms with E-state index in [1.54, 1.807) is 23.0 Å². The summed E-state index contributed by atoms with van der Waals surface area (Å²) in [6, 6.07) is 6.38. The number of aliphatic hydroxyl groups is 2. The molecule has 38 heavy (non-hydrogen) atoms. The maximum atomic E-state index is 13.2. The Morgan fingerprint density at radius 2 is 2.13 bits per heavy atom. The maximum Gasteiger partial charge on any atom is 0.251 e. The molecule has 0 spiro atoms. The van der Waals surface area contributed by atoms with Crippen molar-refractivity contribution in [2.45, 2.75) is 56.6 Å². The summed E-state index contributed by atoms with van der Waals surface area (Å²) in [6.07, 6.45) is 10.1. The van der Waals surface area contributed by atoms with Gasteiger partial charge in [-0.1, -0.05) is 11.6 Å². The molecule has 4 aromatic rings. The fourth-order valence-corrected chi connectivity index (χ4v) is 5.36. The third-order valence-electron chi connectivity index (χ3n) is 7.42. The normalized spacial score (nSPS) is 23.6. The number of hydrogen-bond acceptors (Lipinski definition) is 8. The monoisotopic (exact) mass is 517 g/mol. The Hall–Kier alpha value is -3.80. The summed E-state index contributed by atoms with van der Waals surface area (Å²) in [5, 5.41) is 27.9. The second kappa shape index (κ2) is 10.5. The van der Waals surface area contributed by atoms with E-state index < -0.39 is 31.1 Å². The molecular weight excluding hydrogens is 486 g/mol. The van der Waals surface area contributed by atoms with Crippen molar-refractivity contribution in [1.82, 2.24) is 29.8 Å². The summed E-state index contributed by atoms with van der Waals surface area (Å²) in [7, 11) is 0. The summed E-state index contributed by atoms with van der Waals surface area (Å²) in [6.45, 7) is 0.337. The molecule has 1 saturated heterocycles. The van der Waals surface area contributed by atoms with Crippen LogP contribution >= 0.6 is 0 Å². The van der Waals surface area contributed by atoms with Gasteiger partial charge >= 0.3 is 0 Å². The van der Waals surface area contributed by atoms with Crippen LogP contribution in [0.2, 0.25) is 0 Å². The Bertz CT molecular complexity index is 1480. The Balaban J connectivity index is 1.23. The quantitative estimate of drug-likeness (QED) is 0.224. The lowest BCUT2D eigenvalue weighted by Crippen LogP contribution is -2.46. The van der Waals surface area contributed by atoms with Gasteiger partial charge in [-0.05, 0) is 56.4 Å². The Labute approximate surface area is 219 Å². The lowest BCUT2D eigenvalue weighted by Gasteiger charge is -2.23. The highest BCUT2D eigenvalue weighted by Crippen LogP contribution is 2.33. The van der Waals surface area contributed by atoms with Gasteiger partial charge in [-0.2, -0.15) is 0 Å². The first-order chi connectivity index (χ1) is 18.6. The number of H-pyrrole nitrogens is 1. The van der Waals surface area contributed by atoms with Gasteiger partial charge in [0.05, 0.1) is 12.9 Å². The average Bonchev–Trinajstić information content (AvgIpc) is 3.67. The fourth-order valence-electron chi connectivity index (χ4n) is 5.36. The summed E-state index contributed by atoms with van der Waals surface area (Å²) < 4.78 is 7.67. The van der Waals surface area contributed by atoms with Gasteiger partial charge in [0.1, 0.15) is 24.6 Å². The first kappa shape index (κ1) is 24.5. The van der Waals surface area contributed by atoms with Crippen LogP contribution in [0, 0.1) is 0 Å². The van der Waals surface area contributed by atoms with Gasteiger partial charge < -0.3 is 30.6 Å². The molecule has 0 radical (unpaired) electrons. The second-order valence-corrected chi connectivity index (χ2v) is 9.85. The van der Waals surface area contributed by atoms with Gasteiger partial charge in [-0.25, -0.2) is 15.0 Å². The first-order valence-corrected chi connectivity index (χ1v) is 13.0.